The van der Waals surface area contributed by atoms with Crippen molar-refractivity contribution in [2.75, 3.05) is 6.61 Å². The van der Waals surface area contributed by atoms with Crippen LogP contribution in [0, 0.1) is 0 Å². The first-order chi connectivity index (χ1) is 11.1. The summed E-state index contributed by atoms with van der Waals surface area (Å²) >= 11 is 0. The second kappa shape index (κ2) is 8.60. The number of carbonyl (C=O) groups is 4. The van der Waals surface area contributed by atoms with Gasteiger partial charge in [-0.3, -0.25) is 19.2 Å². The lowest BCUT2D eigenvalue weighted by molar-refractivity contribution is -0.297. The number of hydrogen-bond donors (Lipinski definition) is 1. The predicted octanol–water partition coefficient (Wildman–Crippen LogP) is -0.938. The Labute approximate surface area is 137 Å². The van der Waals surface area contributed by atoms with Gasteiger partial charge < -0.3 is 28.8 Å². The topological polar surface area (TPSA) is 135 Å². The van der Waals surface area contributed by atoms with Crippen molar-refractivity contribution in [1.29, 1.82) is 0 Å². The van der Waals surface area contributed by atoms with Crippen LogP contribution < -0.4 is 0 Å². The summed E-state index contributed by atoms with van der Waals surface area (Å²) in [6, 6.07) is 0. The molecule has 1 heterocycles. The summed E-state index contributed by atoms with van der Waals surface area (Å²) < 4.78 is 25.0. The van der Waals surface area contributed by atoms with Gasteiger partial charge in [0.2, 0.25) is 6.29 Å². The first kappa shape index (κ1) is 19.8. The van der Waals surface area contributed by atoms with Gasteiger partial charge >= 0.3 is 23.9 Å². The van der Waals surface area contributed by atoms with E-state index in [1.165, 1.54) is 0 Å². The summed E-state index contributed by atoms with van der Waals surface area (Å²) in [5, 5.41) is 10.2. The maximum Gasteiger partial charge on any atom is 0.305 e. The molecule has 24 heavy (non-hydrogen) atoms. The molecule has 0 aromatic carbocycles. The summed E-state index contributed by atoms with van der Waals surface area (Å²) in [5.41, 5.74) is 0. The van der Waals surface area contributed by atoms with Crippen LogP contribution in [0.2, 0.25) is 0 Å². The van der Waals surface area contributed by atoms with E-state index in [-0.39, 0.29) is 6.61 Å². The zero-order valence-electron chi connectivity index (χ0n) is 13.7. The molecule has 1 aliphatic rings. The highest BCUT2D eigenvalue weighted by Gasteiger charge is 2.51. The molecule has 0 saturated carbocycles. The molecule has 0 aliphatic carbocycles. The molecule has 10 heteroatoms. The molecular formula is C14H20O10. The highest BCUT2D eigenvalue weighted by molar-refractivity contribution is 5.68. The third-order valence-corrected chi connectivity index (χ3v) is 2.95. The molecule has 3 unspecified atom stereocenters. The molecule has 1 rings (SSSR count). The van der Waals surface area contributed by atoms with E-state index in [0.717, 1.165) is 27.7 Å². The van der Waals surface area contributed by atoms with Crippen LogP contribution in [-0.2, 0) is 42.9 Å². The number of ether oxygens (including phenoxy) is 5. The van der Waals surface area contributed by atoms with E-state index in [1.807, 2.05) is 0 Å². The van der Waals surface area contributed by atoms with Crippen LogP contribution in [-0.4, -0.2) is 66.3 Å². The van der Waals surface area contributed by atoms with Crippen molar-refractivity contribution < 1.29 is 48.0 Å². The van der Waals surface area contributed by atoms with Crippen LogP contribution in [0.4, 0.5) is 0 Å². The molecule has 0 radical (unpaired) electrons. The van der Waals surface area contributed by atoms with E-state index in [9.17, 15) is 24.3 Å². The molecule has 0 aromatic heterocycles. The van der Waals surface area contributed by atoms with Crippen LogP contribution in [0.1, 0.15) is 27.7 Å². The summed E-state index contributed by atoms with van der Waals surface area (Å²) in [6.07, 6.45) is -6.83. The predicted molar refractivity (Wildman–Crippen MR) is 74.2 cm³/mol. The number of esters is 4. The second-order valence-electron chi connectivity index (χ2n) is 5.09. The van der Waals surface area contributed by atoms with E-state index in [0.29, 0.717) is 0 Å². The van der Waals surface area contributed by atoms with Gasteiger partial charge in [-0.1, -0.05) is 0 Å². The smallest absolute Gasteiger partial charge is 0.305 e. The molecule has 10 nitrogen and oxygen atoms in total. The van der Waals surface area contributed by atoms with E-state index in [4.69, 9.17) is 23.7 Å². The molecule has 136 valence electrons. The molecule has 1 N–H and O–H groups in total. The minimum atomic E-state index is -1.60. The van der Waals surface area contributed by atoms with Gasteiger partial charge in [0.25, 0.3) is 0 Å². The standard InChI is InChI=1S/C14H20O10/c1-6(15)20-5-10-12(21-7(2)16)13(22-8(3)17)11(19)14(24-10)23-9(4)18/h10-14,19H,5H2,1-4H3/t10?,11?,12-,13?,14-/m1/s1. The highest BCUT2D eigenvalue weighted by Crippen LogP contribution is 2.27. The van der Waals surface area contributed by atoms with Gasteiger partial charge in [-0.15, -0.1) is 0 Å². The lowest BCUT2D eigenvalue weighted by atomic mass is 9.98. The molecule has 5 atom stereocenters. The van der Waals surface area contributed by atoms with E-state index < -0.39 is 54.6 Å². The summed E-state index contributed by atoms with van der Waals surface area (Å²) in [6.45, 7) is 4.09. The summed E-state index contributed by atoms with van der Waals surface area (Å²) in [4.78, 5) is 44.7. The monoisotopic (exact) mass is 348 g/mol. The third kappa shape index (κ3) is 5.78. The Hall–Kier alpha value is -2.20. The quantitative estimate of drug-likeness (QED) is 0.490. The zero-order valence-corrected chi connectivity index (χ0v) is 13.7. The maximum atomic E-state index is 11.3. The van der Waals surface area contributed by atoms with Crippen LogP contribution in [0.15, 0.2) is 0 Å². The number of aliphatic hydroxyl groups is 1. The Morgan fingerprint density at radius 1 is 0.833 bits per heavy atom. The Kier molecular flexibility index (Phi) is 7.11. The molecule has 1 saturated heterocycles. The minimum Gasteiger partial charge on any atom is -0.463 e. The average Bonchev–Trinajstić information content (AvgIpc) is 2.42. The largest absolute Gasteiger partial charge is 0.463 e. The Morgan fingerprint density at radius 3 is 1.79 bits per heavy atom. The fourth-order valence-corrected chi connectivity index (χ4v) is 2.15. The first-order valence-corrected chi connectivity index (χ1v) is 7.10. The van der Waals surface area contributed by atoms with E-state index in [1.54, 1.807) is 0 Å². The minimum absolute atomic E-state index is 0.366. The second-order valence-corrected chi connectivity index (χ2v) is 5.09. The summed E-state index contributed by atoms with van der Waals surface area (Å²) in [5.74, 6) is -2.87. The van der Waals surface area contributed by atoms with Crippen LogP contribution in [0.25, 0.3) is 0 Å². The number of aliphatic hydroxyl groups excluding tert-OH is 1. The highest BCUT2D eigenvalue weighted by atomic mass is 16.7. The van der Waals surface area contributed by atoms with Gasteiger partial charge in [0.15, 0.2) is 18.3 Å². The fourth-order valence-electron chi connectivity index (χ4n) is 2.15. The molecule has 0 aromatic rings. The SMILES string of the molecule is CC(=O)OCC1O[C@@H](OC(C)=O)C(O)C(OC(C)=O)[C@@H]1OC(C)=O. The fraction of sp³-hybridized carbons (Fsp3) is 0.714. The van der Waals surface area contributed by atoms with Gasteiger partial charge in [-0.2, -0.15) is 0 Å². The Morgan fingerprint density at radius 2 is 1.33 bits per heavy atom. The Balaban J connectivity index is 3.08. The zero-order chi connectivity index (χ0) is 18.4. The first-order valence-electron chi connectivity index (χ1n) is 7.10. The number of rotatable bonds is 5. The maximum absolute atomic E-state index is 11.3. The summed E-state index contributed by atoms with van der Waals surface area (Å²) in [7, 11) is 0. The number of hydrogen-bond acceptors (Lipinski definition) is 10. The van der Waals surface area contributed by atoms with Crippen molar-refractivity contribution >= 4 is 23.9 Å². The van der Waals surface area contributed by atoms with Crippen molar-refractivity contribution in [2.45, 2.75) is 58.4 Å². The van der Waals surface area contributed by atoms with Gasteiger partial charge in [-0.25, -0.2) is 0 Å². The van der Waals surface area contributed by atoms with Crippen LogP contribution >= 0.6 is 0 Å². The average molecular weight is 348 g/mol. The van der Waals surface area contributed by atoms with Gasteiger partial charge in [0.05, 0.1) is 0 Å². The van der Waals surface area contributed by atoms with E-state index >= 15 is 0 Å². The lowest BCUT2D eigenvalue weighted by Gasteiger charge is -2.42. The lowest BCUT2D eigenvalue weighted by Crippen LogP contribution is -2.62. The number of carbonyl (C=O) groups excluding carboxylic acids is 4. The molecular weight excluding hydrogens is 328 g/mol. The normalized spacial score (nSPS) is 29.3. The molecule has 0 spiro atoms. The molecule has 0 bridgehead atoms. The van der Waals surface area contributed by atoms with Gasteiger partial charge in [0, 0.05) is 27.7 Å². The van der Waals surface area contributed by atoms with Crippen molar-refractivity contribution in [3.63, 3.8) is 0 Å². The molecule has 0 amide bonds. The Bertz CT molecular complexity index is 486. The van der Waals surface area contributed by atoms with Crippen molar-refractivity contribution in [3.8, 4) is 0 Å². The third-order valence-electron chi connectivity index (χ3n) is 2.95. The van der Waals surface area contributed by atoms with Crippen LogP contribution in [0.5, 0.6) is 0 Å². The van der Waals surface area contributed by atoms with Crippen molar-refractivity contribution in [1.82, 2.24) is 0 Å². The van der Waals surface area contributed by atoms with Crippen molar-refractivity contribution in [3.05, 3.63) is 0 Å². The molecule has 1 aliphatic heterocycles. The van der Waals surface area contributed by atoms with Crippen molar-refractivity contribution in [2.24, 2.45) is 0 Å². The van der Waals surface area contributed by atoms with Gasteiger partial charge in [-0.05, 0) is 0 Å². The molecule has 1 fully saturated rings. The van der Waals surface area contributed by atoms with Gasteiger partial charge in [0.1, 0.15) is 12.7 Å². The van der Waals surface area contributed by atoms with Crippen LogP contribution in [0.3, 0.4) is 0 Å². The van der Waals surface area contributed by atoms with E-state index in [2.05, 4.69) is 0 Å².